The number of rotatable bonds is 8. The second-order valence-corrected chi connectivity index (χ2v) is 10.8. The summed E-state index contributed by atoms with van der Waals surface area (Å²) in [7, 11) is 3.56. The first-order valence-corrected chi connectivity index (χ1v) is 13.5. The summed E-state index contributed by atoms with van der Waals surface area (Å²) in [4.78, 5) is 23.7. The molecule has 1 amide bonds. The lowest BCUT2D eigenvalue weighted by Crippen LogP contribution is -2.46. The monoisotopic (exact) mass is 538 g/mol. The lowest BCUT2D eigenvalue weighted by atomic mass is 10.0. The van der Waals surface area contributed by atoms with Crippen molar-refractivity contribution in [3.05, 3.63) is 58.8 Å². The van der Waals surface area contributed by atoms with Crippen molar-refractivity contribution < 1.29 is 18.3 Å². The molecule has 2 aliphatic carbocycles. The third-order valence-corrected chi connectivity index (χ3v) is 7.62. The van der Waals surface area contributed by atoms with Gasteiger partial charge < -0.3 is 25.6 Å². The van der Waals surface area contributed by atoms with Gasteiger partial charge in [0.2, 0.25) is 5.95 Å². The first kappa shape index (κ1) is 27.1. The van der Waals surface area contributed by atoms with Crippen molar-refractivity contribution in [1.29, 1.82) is 0 Å². The minimum atomic E-state index is -3.10. The smallest absolute Gasteiger partial charge is 0.275 e. The molecule has 1 fully saturated rings. The molecule has 2 aromatic rings. The Hall–Kier alpha value is -3.53. The fourth-order valence-electron chi connectivity index (χ4n) is 5.62. The van der Waals surface area contributed by atoms with E-state index in [1.165, 1.54) is 18.3 Å². The van der Waals surface area contributed by atoms with Gasteiger partial charge in [0.25, 0.3) is 11.8 Å². The Morgan fingerprint density at radius 1 is 1.23 bits per heavy atom. The Bertz CT molecular complexity index is 1290. The van der Waals surface area contributed by atoms with Crippen molar-refractivity contribution in [3.63, 3.8) is 0 Å². The van der Waals surface area contributed by atoms with Crippen LogP contribution in [0.3, 0.4) is 0 Å². The number of anilines is 3. The van der Waals surface area contributed by atoms with Crippen LogP contribution in [-0.2, 0) is 5.92 Å². The average Bonchev–Trinajstić information content (AvgIpc) is 3.30. The van der Waals surface area contributed by atoms with Crippen LogP contribution in [0.15, 0.2) is 47.7 Å². The predicted molar refractivity (Wildman–Crippen MR) is 148 cm³/mol. The van der Waals surface area contributed by atoms with Gasteiger partial charge in [-0.25, -0.2) is 13.8 Å². The van der Waals surface area contributed by atoms with Gasteiger partial charge >= 0.3 is 0 Å². The summed E-state index contributed by atoms with van der Waals surface area (Å²) in [6.45, 7) is 2.70. The highest BCUT2D eigenvalue weighted by Gasteiger charge is 2.32. The summed E-state index contributed by atoms with van der Waals surface area (Å²) in [6, 6.07) is 5.16. The summed E-state index contributed by atoms with van der Waals surface area (Å²) in [5.41, 5.74) is 3.43. The molecular formula is C29H36F2N6O2. The van der Waals surface area contributed by atoms with E-state index in [4.69, 9.17) is 4.74 Å². The third kappa shape index (κ3) is 6.38. The van der Waals surface area contributed by atoms with Crippen LogP contribution in [0.2, 0.25) is 0 Å². The fourth-order valence-corrected chi connectivity index (χ4v) is 5.62. The zero-order valence-electron chi connectivity index (χ0n) is 22.7. The van der Waals surface area contributed by atoms with Gasteiger partial charge in [-0.3, -0.25) is 4.79 Å². The van der Waals surface area contributed by atoms with E-state index in [1.54, 1.807) is 18.2 Å². The Morgan fingerprint density at radius 2 is 2.08 bits per heavy atom. The number of halogens is 2. The fraction of sp³-hybridized carbons (Fsp3) is 0.483. The van der Waals surface area contributed by atoms with E-state index in [2.05, 4.69) is 43.0 Å². The van der Waals surface area contributed by atoms with Gasteiger partial charge in [-0.15, -0.1) is 0 Å². The number of hydrogen-bond donors (Lipinski definition) is 3. The van der Waals surface area contributed by atoms with E-state index in [9.17, 15) is 13.6 Å². The van der Waals surface area contributed by atoms with Crippen LogP contribution in [0.25, 0.3) is 0 Å². The molecule has 2 heterocycles. The molecule has 39 heavy (non-hydrogen) atoms. The molecule has 5 rings (SSSR count). The quantitative estimate of drug-likeness (QED) is 0.415. The number of nitrogens with zero attached hydrogens (tertiary/aromatic N) is 3. The molecule has 3 aliphatic rings. The standard InChI is InChI=1S/C29H36F2N6O2/c1-29(30,31)23-16-32-28(36-26(23)33-22-13-18-7-4-5-8-19(18)14-22)35-24-11-10-20(15-25(24)39-3)27(38)34-21-9-6-12-37(2)17-21/h4,7,10-11,15-16,21-22H,5-6,8-9,12-14,17H2,1-3H3,(H,34,38)(H2,32,33,35,36). The molecule has 0 bridgehead atoms. The maximum atomic E-state index is 14.4. The molecule has 1 aliphatic heterocycles. The van der Waals surface area contributed by atoms with Crippen LogP contribution in [0.5, 0.6) is 5.75 Å². The van der Waals surface area contributed by atoms with Gasteiger partial charge in [-0.2, -0.15) is 4.98 Å². The van der Waals surface area contributed by atoms with Gasteiger partial charge in [0, 0.05) is 37.3 Å². The Balaban J connectivity index is 1.32. The van der Waals surface area contributed by atoms with Crippen molar-refractivity contribution in [2.24, 2.45) is 0 Å². The van der Waals surface area contributed by atoms with Crippen molar-refractivity contribution in [3.8, 4) is 5.75 Å². The average molecular weight is 539 g/mol. The van der Waals surface area contributed by atoms with E-state index >= 15 is 0 Å². The van der Waals surface area contributed by atoms with E-state index in [-0.39, 0.29) is 35.3 Å². The largest absolute Gasteiger partial charge is 0.495 e. The molecule has 3 N–H and O–H groups in total. The highest BCUT2D eigenvalue weighted by molar-refractivity contribution is 5.95. The minimum absolute atomic E-state index is 0.00196. The second kappa shape index (κ2) is 11.3. The van der Waals surface area contributed by atoms with E-state index in [0.717, 1.165) is 64.7 Å². The molecule has 2 atom stereocenters. The van der Waals surface area contributed by atoms with Crippen LogP contribution in [0.1, 0.15) is 61.4 Å². The summed E-state index contributed by atoms with van der Waals surface area (Å²) >= 11 is 0. The summed E-state index contributed by atoms with van der Waals surface area (Å²) in [5, 5.41) is 9.44. The van der Waals surface area contributed by atoms with E-state index in [1.807, 2.05) is 7.05 Å². The number of allylic oxidation sites excluding steroid dienone is 2. The van der Waals surface area contributed by atoms with Gasteiger partial charge in [0.1, 0.15) is 11.6 Å². The Kier molecular flexibility index (Phi) is 7.83. The normalized spacial score (nSPS) is 21.5. The molecule has 0 spiro atoms. The zero-order chi connectivity index (χ0) is 27.6. The van der Waals surface area contributed by atoms with Crippen LogP contribution < -0.4 is 20.7 Å². The molecule has 208 valence electrons. The first-order chi connectivity index (χ1) is 18.7. The molecular weight excluding hydrogens is 502 g/mol. The van der Waals surface area contributed by atoms with Crippen molar-refractivity contribution >= 4 is 23.4 Å². The third-order valence-electron chi connectivity index (χ3n) is 7.62. The number of carbonyl (C=O) groups excluding carboxylic acids is 1. The second-order valence-electron chi connectivity index (χ2n) is 10.8. The number of nitrogens with one attached hydrogen (secondary N) is 3. The molecule has 1 saturated heterocycles. The number of methoxy groups -OCH3 is 1. The van der Waals surface area contributed by atoms with Gasteiger partial charge in [0.15, 0.2) is 0 Å². The number of benzene rings is 1. The molecule has 0 radical (unpaired) electrons. The maximum Gasteiger partial charge on any atom is 0.275 e. The van der Waals surface area contributed by atoms with Gasteiger partial charge in [0.05, 0.1) is 18.4 Å². The zero-order valence-corrected chi connectivity index (χ0v) is 22.7. The number of carbonyl (C=O) groups is 1. The van der Waals surface area contributed by atoms with Crippen molar-refractivity contribution in [2.45, 2.75) is 63.5 Å². The molecule has 8 nitrogen and oxygen atoms in total. The molecule has 2 unspecified atom stereocenters. The van der Waals surface area contributed by atoms with Gasteiger partial charge in [-0.1, -0.05) is 17.7 Å². The molecule has 10 heteroatoms. The molecule has 1 aromatic carbocycles. The van der Waals surface area contributed by atoms with Crippen LogP contribution in [0, 0.1) is 0 Å². The summed E-state index contributed by atoms with van der Waals surface area (Å²) < 4.78 is 34.4. The molecule has 1 aromatic heterocycles. The number of likely N-dealkylation sites (tertiary alicyclic amines) is 1. The highest BCUT2D eigenvalue weighted by Crippen LogP contribution is 2.38. The number of ether oxygens (including phenoxy) is 1. The SMILES string of the molecule is COc1cc(C(=O)NC2CCCN(C)C2)ccc1Nc1ncc(C(C)(F)F)c(NC2CC3=C(CCC=C3)C2)n1. The Morgan fingerprint density at radius 3 is 2.82 bits per heavy atom. The van der Waals surface area contributed by atoms with E-state index in [0.29, 0.717) is 17.0 Å². The topological polar surface area (TPSA) is 91.4 Å². The number of piperidine rings is 1. The number of alkyl halides is 2. The van der Waals surface area contributed by atoms with Gasteiger partial charge in [-0.05, 0) is 75.9 Å². The van der Waals surface area contributed by atoms with Crippen LogP contribution in [-0.4, -0.2) is 60.1 Å². The minimum Gasteiger partial charge on any atom is -0.495 e. The maximum absolute atomic E-state index is 14.4. The first-order valence-electron chi connectivity index (χ1n) is 13.5. The van der Waals surface area contributed by atoms with Crippen LogP contribution in [0.4, 0.5) is 26.2 Å². The number of hydrogen-bond acceptors (Lipinski definition) is 7. The highest BCUT2D eigenvalue weighted by atomic mass is 19.3. The lowest BCUT2D eigenvalue weighted by Gasteiger charge is -2.30. The van der Waals surface area contributed by atoms with E-state index < -0.39 is 5.92 Å². The summed E-state index contributed by atoms with van der Waals surface area (Å²) in [5.74, 6) is -2.58. The lowest BCUT2D eigenvalue weighted by molar-refractivity contribution is 0.0175. The van der Waals surface area contributed by atoms with Crippen LogP contribution >= 0.6 is 0 Å². The number of aromatic nitrogens is 2. The summed E-state index contributed by atoms with van der Waals surface area (Å²) in [6.07, 6.45) is 11.1. The number of amides is 1. The van der Waals surface area contributed by atoms with Crippen molar-refractivity contribution in [2.75, 3.05) is 37.9 Å². The Labute approximate surface area is 227 Å². The van der Waals surface area contributed by atoms with Crippen molar-refractivity contribution in [1.82, 2.24) is 20.2 Å². The predicted octanol–water partition coefficient (Wildman–Crippen LogP) is 5.39. The number of likely N-dealkylation sites (N-methyl/N-ethyl adjacent to an activating group) is 1. The molecule has 0 saturated carbocycles.